The summed E-state index contributed by atoms with van der Waals surface area (Å²) >= 11 is 0. The van der Waals surface area contributed by atoms with E-state index in [0.29, 0.717) is 48.0 Å². The number of nitrogens with one attached hydrogen (secondary N) is 2. The van der Waals surface area contributed by atoms with Crippen LogP contribution < -0.4 is 25.2 Å². The van der Waals surface area contributed by atoms with Gasteiger partial charge in [0.15, 0.2) is 0 Å². The van der Waals surface area contributed by atoms with Crippen LogP contribution in [0.25, 0.3) is 0 Å². The van der Waals surface area contributed by atoms with E-state index in [2.05, 4.69) is 10.6 Å². The second-order valence-electron chi connectivity index (χ2n) is 8.89. The Morgan fingerprint density at radius 3 is 2.38 bits per heavy atom. The highest BCUT2D eigenvalue weighted by Gasteiger charge is 2.30. The molecular formula is C28H30N4O5. The number of benzene rings is 3. The van der Waals surface area contributed by atoms with Crippen LogP contribution in [0, 0.1) is 12.8 Å². The number of hydrogen-bond donors (Lipinski definition) is 3. The molecule has 1 aliphatic heterocycles. The number of rotatable bonds is 7. The smallest absolute Gasteiger partial charge is 0.323 e. The fraction of sp³-hybridized carbons (Fsp3) is 0.250. The van der Waals surface area contributed by atoms with Crippen LogP contribution in [0.1, 0.15) is 18.9 Å². The number of carbonyl (C=O) groups is 3. The highest BCUT2D eigenvalue weighted by atomic mass is 16.5. The first kappa shape index (κ1) is 25.6. The summed E-state index contributed by atoms with van der Waals surface area (Å²) in [5.41, 5.74) is 4.04. The van der Waals surface area contributed by atoms with E-state index in [1.165, 1.54) is 14.0 Å². The Bertz CT molecular complexity index is 1330. The summed E-state index contributed by atoms with van der Waals surface area (Å²) in [6, 6.07) is 19.6. The number of nitrogens with zero attached hydrogens (tertiary/aromatic N) is 2. The molecule has 1 heterocycles. The predicted octanol–water partition coefficient (Wildman–Crippen LogP) is 5.24. The maximum Gasteiger partial charge on any atom is 0.323 e. The fourth-order valence-electron chi connectivity index (χ4n) is 4.50. The van der Waals surface area contributed by atoms with Crippen molar-refractivity contribution < 1.29 is 24.2 Å². The summed E-state index contributed by atoms with van der Waals surface area (Å²) in [5, 5.41) is 15.1. The minimum absolute atomic E-state index is 0.221. The Kier molecular flexibility index (Phi) is 7.62. The van der Waals surface area contributed by atoms with Gasteiger partial charge in [-0.25, -0.2) is 4.79 Å². The maximum atomic E-state index is 12.9. The third-order valence-corrected chi connectivity index (χ3v) is 6.40. The maximum absolute atomic E-state index is 12.9. The predicted molar refractivity (Wildman–Crippen MR) is 144 cm³/mol. The van der Waals surface area contributed by atoms with Gasteiger partial charge in [0.25, 0.3) is 0 Å². The van der Waals surface area contributed by atoms with Gasteiger partial charge in [-0.3, -0.25) is 14.5 Å². The molecule has 9 heteroatoms. The number of hydrogen-bond acceptors (Lipinski definition) is 5. The van der Waals surface area contributed by atoms with Crippen LogP contribution in [0.2, 0.25) is 0 Å². The van der Waals surface area contributed by atoms with Crippen molar-refractivity contribution in [2.45, 2.75) is 20.3 Å². The average molecular weight is 503 g/mol. The van der Waals surface area contributed by atoms with Crippen LogP contribution in [0.5, 0.6) is 5.75 Å². The van der Waals surface area contributed by atoms with Crippen LogP contribution in [-0.2, 0) is 9.59 Å². The number of urea groups is 1. The van der Waals surface area contributed by atoms with Crippen molar-refractivity contribution >= 4 is 46.3 Å². The van der Waals surface area contributed by atoms with Crippen molar-refractivity contribution in [2.24, 2.45) is 5.92 Å². The fourth-order valence-corrected chi connectivity index (χ4v) is 4.50. The van der Waals surface area contributed by atoms with Gasteiger partial charge in [0.05, 0.1) is 35.8 Å². The van der Waals surface area contributed by atoms with Crippen molar-refractivity contribution in [3.8, 4) is 5.75 Å². The zero-order chi connectivity index (χ0) is 26.5. The van der Waals surface area contributed by atoms with E-state index >= 15 is 0 Å². The molecule has 37 heavy (non-hydrogen) atoms. The van der Waals surface area contributed by atoms with Gasteiger partial charge < -0.3 is 25.4 Å². The molecule has 3 aromatic carbocycles. The molecule has 3 amide bonds. The molecule has 1 fully saturated rings. The first-order valence-corrected chi connectivity index (χ1v) is 12.0. The number of methoxy groups -OCH3 is 1. The van der Waals surface area contributed by atoms with Crippen molar-refractivity contribution in [1.82, 2.24) is 0 Å². The number of carboxylic acids is 1. The van der Waals surface area contributed by atoms with Gasteiger partial charge in [-0.15, -0.1) is 0 Å². The molecule has 1 aliphatic rings. The molecule has 0 saturated carbocycles. The van der Waals surface area contributed by atoms with E-state index in [-0.39, 0.29) is 5.91 Å². The highest BCUT2D eigenvalue weighted by molar-refractivity contribution is 6.04. The third kappa shape index (κ3) is 5.66. The van der Waals surface area contributed by atoms with Crippen LogP contribution in [0.3, 0.4) is 0 Å². The van der Waals surface area contributed by atoms with Gasteiger partial charge in [0.2, 0.25) is 5.91 Å². The standard InChI is InChI=1S/C28H30N4O5/c1-18-8-4-5-9-22(18)29-28(36)30-23-13-12-21(16-26(23)37-3)32(19(2)33)25-11-7-6-10-24(25)31-15-14-20(17-31)27(34)35/h4-13,16,20H,14-15,17H2,1-3H3,(H,34,35)(H2,29,30,36). The molecule has 1 saturated heterocycles. The molecule has 1 atom stereocenters. The van der Waals surface area contributed by atoms with Crippen molar-refractivity contribution in [2.75, 3.05) is 40.6 Å². The number of anilines is 5. The van der Waals surface area contributed by atoms with Crippen LogP contribution >= 0.6 is 0 Å². The molecule has 4 rings (SSSR count). The Balaban J connectivity index is 1.61. The van der Waals surface area contributed by atoms with Crippen molar-refractivity contribution in [1.29, 1.82) is 0 Å². The number of aliphatic carboxylic acids is 1. The summed E-state index contributed by atoms with van der Waals surface area (Å²) in [7, 11) is 1.49. The lowest BCUT2D eigenvalue weighted by Crippen LogP contribution is -2.28. The Hall–Kier alpha value is -4.53. The molecule has 9 nitrogen and oxygen atoms in total. The van der Waals surface area contributed by atoms with Gasteiger partial charge in [-0.1, -0.05) is 30.3 Å². The molecule has 1 unspecified atom stereocenters. The first-order valence-electron chi connectivity index (χ1n) is 12.0. The Morgan fingerprint density at radius 1 is 1.00 bits per heavy atom. The lowest BCUT2D eigenvalue weighted by molar-refractivity contribution is -0.140. The van der Waals surface area contributed by atoms with E-state index < -0.39 is 17.9 Å². The molecule has 192 valence electrons. The molecular weight excluding hydrogens is 472 g/mol. The summed E-state index contributed by atoms with van der Waals surface area (Å²) < 4.78 is 5.54. The van der Waals surface area contributed by atoms with Gasteiger partial charge >= 0.3 is 12.0 Å². The minimum atomic E-state index is -0.817. The second-order valence-corrected chi connectivity index (χ2v) is 8.89. The SMILES string of the molecule is COc1cc(N(C(C)=O)c2ccccc2N2CCC(C(=O)O)C2)ccc1NC(=O)Nc1ccccc1C. The monoisotopic (exact) mass is 502 g/mol. The number of carbonyl (C=O) groups excluding carboxylic acids is 2. The number of aryl methyl sites for hydroxylation is 1. The lowest BCUT2D eigenvalue weighted by atomic mass is 10.1. The molecule has 0 spiro atoms. The van der Waals surface area contributed by atoms with Gasteiger partial charge in [0.1, 0.15) is 5.75 Å². The quantitative estimate of drug-likeness (QED) is 0.407. The summed E-state index contributed by atoms with van der Waals surface area (Å²) in [5.74, 6) is -1.10. The molecule has 0 radical (unpaired) electrons. The first-order chi connectivity index (χ1) is 17.8. The van der Waals surface area contributed by atoms with Crippen LogP contribution in [0.15, 0.2) is 66.7 Å². The Labute approximate surface area is 215 Å². The van der Waals surface area contributed by atoms with Crippen LogP contribution in [0.4, 0.5) is 33.2 Å². The normalized spacial score (nSPS) is 14.7. The third-order valence-electron chi connectivity index (χ3n) is 6.40. The largest absolute Gasteiger partial charge is 0.494 e. The summed E-state index contributed by atoms with van der Waals surface area (Å²) in [6.07, 6.45) is 0.544. The highest BCUT2D eigenvalue weighted by Crippen LogP contribution is 2.39. The van der Waals surface area contributed by atoms with Crippen molar-refractivity contribution in [3.05, 3.63) is 72.3 Å². The lowest BCUT2D eigenvalue weighted by Gasteiger charge is -2.29. The number of carboxylic acid groups (broad SMARTS) is 1. The number of para-hydroxylation sites is 3. The summed E-state index contributed by atoms with van der Waals surface area (Å²) in [4.78, 5) is 40.5. The second kappa shape index (κ2) is 11.0. The van der Waals surface area contributed by atoms with E-state index in [1.54, 1.807) is 23.1 Å². The Morgan fingerprint density at radius 2 is 1.70 bits per heavy atom. The molecule has 3 N–H and O–H groups in total. The topological polar surface area (TPSA) is 111 Å². The molecule has 0 aliphatic carbocycles. The van der Waals surface area contributed by atoms with E-state index in [4.69, 9.17) is 4.74 Å². The number of amides is 3. The average Bonchev–Trinajstić information content (AvgIpc) is 3.37. The number of ether oxygens (including phenoxy) is 1. The molecule has 0 aromatic heterocycles. The zero-order valence-electron chi connectivity index (χ0n) is 21.0. The molecule has 0 bridgehead atoms. The zero-order valence-corrected chi connectivity index (χ0v) is 21.0. The van der Waals surface area contributed by atoms with E-state index in [0.717, 1.165) is 11.3 Å². The van der Waals surface area contributed by atoms with Crippen molar-refractivity contribution in [3.63, 3.8) is 0 Å². The minimum Gasteiger partial charge on any atom is -0.494 e. The van der Waals surface area contributed by atoms with Gasteiger partial charge in [-0.05, 0) is 49.2 Å². The van der Waals surface area contributed by atoms with Gasteiger partial charge in [0, 0.05) is 31.8 Å². The van der Waals surface area contributed by atoms with Gasteiger partial charge in [-0.2, -0.15) is 0 Å². The van der Waals surface area contributed by atoms with E-state index in [9.17, 15) is 19.5 Å². The molecule has 3 aromatic rings. The van der Waals surface area contributed by atoms with E-state index in [1.807, 2.05) is 60.4 Å². The van der Waals surface area contributed by atoms with Crippen LogP contribution in [-0.4, -0.2) is 43.2 Å². The summed E-state index contributed by atoms with van der Waals surface area (Å²) in [6.45, 7) is 4.33.